The van der Waals surface area contributed by atoms with Crippen LogP contribution in [0.15, 0.2) is 0 Å². The molecule has 0 radical (unpaired) electrons. The van der Waals surface area contributed by atoms with E-state index < -0.39 is 11.9 Å². The molecule has 0 aliphatic carbocycles. The van der Waals surface area contributed by atoms with Gasteiger partial charge in [-0.25, -0.2) is 4.79 Å². The van der Waals surface area contributed by atoms with Crippen molar-refractivity contribution in [1.82, 2.24) is 14.7 Å². The Hall–Kier alpha value is -1.30. The Balaban J connectivity index is 1.98. The highest BCUT2D eigenvalue weighted by molar-refractivity contribution is 5.77. The van der Waals surface area contributed by atoms with Gasteiger partial charge in [0.25, 0.3) is 0 Å². The van der Waals surface area contributed by atoms with Crippen molar-refractivity contribution in [1.29, 1.82) is 0 Å². The molecule has 0 aromatic heterocycles. The molecule has 2 fully saturated rings. The maximum atomic E-state index is 12.6. The summed E-state index contributed by atoms with van der Waals surface area (Å²) in [7, 11) is 2.08. The van der Waals surface area contributed by atoms with Crippen LogP contribution in [0.4, 0.5) is 4.79 Å². The number of hydrogen-bond donors (Lipinski definition) is 1. The quantitative estimate of drug-likeness (QED) is 0.777. The topological polar surface area (TPSA) is 64.1 Å². The number of carboxylic acid groups (broad SMARTS) is 1. The lowest BCUT2D eigenvalue weighted by atomic mass is 9.98. The van der Waals surface area contributed by atoms with E-state index in [0.29, 0.717) is 44.7 Å². The normalized spacial score (nSPS) is 32.2. The molecule has 2 amide bonds. The fourth-order valence-corrected chi connectivity index (χ4v) is 3.11. The van der Waals surface area contributed by atoms with Crippen molar-refractivity contribution in [2.24, 2.45) is 5.92 Å². The number of likely N-dealkylation sites (tertiary alicyclic amines) is 1. The number of piperidine rings is 1. The van der Waals surface area contributed by atoms with Crippen molar-refractivity contribution in [3.63, 3.8) is 0 Å². The molecule has 0 bridgehead atoms. The average molecular weight is 283 g/mol. The maximum Gasteiger partial charge on any atom is 0.320 e. The van der Waals surface area contributed by atoms with E-state index in [0.717, 1.165) is 6.42 Å². The third-order valence-electron chi connectivity index (χ3n) is 4.67. The van der Waals surface area contributed by atoms with Crippen LogP contribution in [0.5, 0.6) is 0 Å². The molecule has 114 valence electrons. The molecule has 2 heterocycles. The van der Waals surface area contributed by atoms with Gasteiger partial charge in [0.1, 0.15) is 0 Å². The highest BCUT2D eigenvalue weighted by Gasteiger charge is 2.34. The van der Waals surface area contributed by atoms with Crippen molar-refractivity contribution in [2.75, 3.05) is 33.2 Å². The van der Waals surface area contributed by atoms with Crippen molar-refractivity contribution in [3.05, 3.63) is 0 Å². The molecule has 6 heteroatoms. The van der Waals surface area contributed by atoms with Crippen LogP contribution in [0, 0.1) is 5.92 Å². The number of carbonyl (C=O) groups is 2. The molecule has 2 rings (SSSR count). The molecule has 2 saturated heterocycles. The zero-order chi connectivity index (χ0) is 14.9. The average Bonchev–Trinajstić information content (AvgIpc) is 2.43. The SMILES string of the molecule is CC1CN(C(=O)N2CCC[C@@H](C(=O)O)C2)CC(C)N1C. The molecule has 0 spiro atoms. The van der Waals surface area contributed by atoms with Gasteiger partial charge in [0.05, 0.1) is 5.92 Å². The van der Waals surface area contributed by atoms with E-state index in [1.165, 1.54) is 0 Å². The number of nitrogens with zero attached hydrogens (tertiary/aromatic N) is 3. The predicted molar refractivity (Wildman–Crippen MR) is 75.6 cm³/mol. The molecule has 20 heavy (non-hydrogen) atoms. The Labute approximate surface area is 120 Å². The van der Waals surface area contributed by atoms with E-state index in [1.54, 1.807) is 4.90 Å². The molecule has 6 nitrogen and oxygen atoms in total. The lowest BCUT2D eigenvalue weighted by molar-refractivity contribution is -0.143. The van der Waals surface area contributed by atoms with Crippen molar-refractivity contribution >= 4 is 12.0 Å². The number of aliphatic carboxylic acids is 1. The number of likely N-dealkylation sites (N-methyl/N-ethyl adjacent to an activating group) is 1. The fourth-order valence-electron chi connectivity index (χ4n) is 3.11. The minimum Gasteiger partial charge on any atom is -0.481 e. The zero-order valence-electron chi connectivity index (χ0n) is 12.6. The molecule has 2 aliphatic rings. The highest BCUT2D eigenvalue weighted by atomic mass is 16.4. The largest absolute Gasteiger partial charge is 0.481 e. The van der Waals surface area contributed by atoms with Gasteiger partial charge in [-0.1, -0.05) is 0 Å². The summed E-state index contributed by atoms with van der Waals surface area (Å²) in [5, 5.41) is 9.11. The Bertz CT molecular complexity index is 376. The Morgan fingerprint density at radius 1 is 1.05 bits per heavy atom. The van der Waals surface area contributed by atoms with Crippen molar-refractivity contribution in [3.8, 4) is 0 Å². The van der Waals surface area contributed by atoms with Crippen LogP contribution >= 0.6 is 0 Å². The first-order valence-corrected chi connectivity index (χ1v) is 7.38. The molecular weight excluding hydrogens is 258 g/mol. The van der Waals surface area contributed by atoms with Gasteiger partial charge < -0.3 is 14.9 Å². The van der Waals surface area contributed by atoms with Gasteiger partial charge in [0.15, 0.2) is 0 Å². The number of piperazine rings is 1. The van der Waals surface area contributed by atoms with E-state index in [-0.39, 0.29) is 6.03 Å². The van der Waals surface area contributed by atoms with Gasteiger partial charge in [-0.05, 0) is 33.7 Å². The minimum atomic E-state index is -0.789. The summed E-state index contributed by atoms with van der Waals surface area (Å²) in [6.45, 7) is 6.70. The number of carboxylic acids is 1. The van der Waals surface area contributed by atoms with Crippen LogP contribution in [-0.2, 0) is 4.79 Å². The van der Waals surface area contributed by atoms with Gasteiger partial charge in [0.2, 0.25) is 0 Å². The van der Waals surface area contributed by atoms with Gasteiger partial charge in [0, 0.05) is 38.3 Å². The zero-order valence-corrected chi connectivity index (χ0v) is 12.6. The first-order chi connectivity index (χ1) is 9.40. The lowest BCUT2D eigenvalue weighted by Crippen LogP contribution is -2.59. The number of urea groups is 1. The molecule has 0 aromatic rings. The van der Waals surface area contributed by atoms with Crippen LogP contribution in [0.3, 0.4) is 0 Å². The number of rotatable bonds is 1. The first-order valence-electron chi connectivity index (χ1n) is 7.38. The summed E-state index contributed by atoms with van der Waals surface area (Å²) >= 11 is 0. The van der Waals surface area contributed by atoms with Crippen molar-refractivity contribution < 1.29 is 14.7 Å². The Kier molecular flexibility index (Phi) is 4.52. The molecule has 0 aromatic carbocycles. The monoisotopic (exact) mass is 283 g/mol. The van der Waals surface area contributed by atoms with E-state index in [9.17, 15) is 9.59 Å². The third kappa shape index (κ3) is 3.06. The van der Waals surface area contributed by atoms with E-state index in [4.69, 9.17) is 5.11 Å². The highest BCUT2D eigenvalue weighted by Crippen LogP contribution is 2.20. The van der Waals surface area contributed by atoms with E-state index in [2.05, 4.69) is 25.8 Å². The number of amides is 2. The van der Waals surface area contributed by atoms with Gasteiger partial charge in [-0.3, -0.25) is 9.69 Å². The second-order valence-electron chi connectivity index (χ2n) is 6.17. The molecule has 3 atom stereocenters. The first kappa shape index (κ1) is 15.1. The Morgan fingerprint density at radius 2 is 1.65 bits per heavy atom. The number of hydrogen-bond acceptors (Lipinski definition) is 3. The van der Waals surface area contributed by atoms with Gasteiger partial charge in [-0.2, -0.15) is 0 Å². The standard InChI is InChI=1S/C14H25N3O3/c1-10-7-17(8-11(2)15(10)3)14(20)16-6-4-5-12(9-16)13(18)19/h10-12H,4-9H2,1-3H3,(H,18,19)/t10?,11?,12-/m1/s1. The van der Waals surface area contributed by atoms with Crippen LogP contribution in [0.2, 0.25) is 0 Å². The fraction of sp³-hybridized carbons (Fsp3) is 0.857. The summed E-state index contributed by atoms with van der Waals surface area (Å²) in [4.78, 5) is 29.5. The second-order valence-corrected chi connectivity index (χ2v) is 6.17. The summed E-state index contributed by atoms with van der Waals surface area (Å²) in [6, 6.07) is 0.674. The maximum absolute atomic E-state index is 12.6. The second kappa shape index (κ2) is 5.99. The van der Waals surface area contributed by atoms with Crippen LogP contribution in [0.25, 0.3) is 0 Å². The summed E-state index contributed by atoms with van der Waals surface area (Å²) in [6.07, 6.45) is 1.45. The van der Waals surface area contributed by atoms with E-state index >= 15 is 0 Å². The van der Waals surface area contributed by atoms with E-state index in [1.807, 2.05) is 4.90 Å². The van der Waals surface area contributed by atoms with Crippen LogP contribution < -0.4 is 0 Å². The summed E-state index contributed by atoms with van der Waals surface area (Å²) in [5.74, 6) is -1.20. The Morgan fingerprint density at radius 3 is 2.20 bits per heavy atom. The predicted octanol–water partition coefficient (Wildman–Crippen LogP) is 0.927. The number of carbonyl (C=O) groups excluding carboxylic acids is 1. The summed E-state index contributed by atoms with van der Waals surface area (Å²) in [5.41, 5.74) is 0. The van der Waals surface area contributed by atoms with Crippen LogP contribution in [0.1, 0.15) is 26.7 Å². The minimum absolute atomic E-state index is 0.00255. The third-order valence-corrected chi connectivity index (χ3v) is 4.67. The van der Waals surface area contributed by atoms with Crippen molar-refractivity contribution in [2.45, 2.75) is 38.8 Å². The lowest BCUT2D eigenvalue weighted by Gasteiger charge is -2.44. The molecule has 2 unspecified atom stereocenters. The van der Waals surface area contributed by atoms with Crippen LogP contribution in [-0.4, -0.2) is 77.1 Å². The van der Waals surface area contributed by atoms with Gasteiger partial charge >= 0.3 is 12.0 Å². The summed E-state index contributed by atoms with van der Waals surface area (Å²) < 4.78 is 0. The van der Waals surface area contributed by atoms with Gasteiger partial charge in [-0.15, -0.1) is 0 Å². The molecule has 1 N–H and O–H groups in total. The molecule has 2 aliphatic heterocycles. The molecule has 0 saturated carbocycles. The smallest absolute Gasteiger partial charge is 0.320 e. The molecular formula is C14H25N3O3.